The third kappa shape index (κ3) is 4.93. The molecule has 2 aliphatic rings. The molecule has 3 aromatic heterocycles. The summed E-state index contributed by atoms with van der Waals surface area (Å²) in [4.78, 5) is 23.2. The molecule has 0 amide bonds. The van der Waals surface area contributed by atoms with Crippen LogP contribution < -0.4 is 15.5 Å². The van der Waals surface area contributed by atoms with Crippen LogP contribution in [0.25, 0.3) is 11.0 Å². The van der Waals surface area contributed by atoms with Gasteiger partial charge in [0.15, 0.2) is 5.65 Å². The third-order valence-corrected chi connectivity index (χ3v) is 7.34. The maximum Gasteiger partial charge on any atom is 0.229 e. The molecule has 0 unspecified atom stereocenters. The second kappa shape index (κ2) is 10.1. The molecule has 4 heterocycles. The van der Waals surface area contributed by atoms with Crippen molar-refractivity contribution >= 4 is 40.1 Å². The maximum absolute atomic E-state index is 5.83. The highest BCUT2D eigenvalue weighted by Crippen LogP contribution is 2.32. The highest BCUT2D eigenvalue weighted by molar-refractivity contribution is 5.84. The number of nitrogens with one attached hydrogen (secondary N) is 2. The molecule has 188 valence electrons. The monoisotopic (exact) mass is 493 g/mol. The minimum atomic E-state index is 0.471. The van der Waals surface area contributed by atoms with Gasteiger partial charge >= 0.3 is 0 Å². The molecule has 6 rings (SSSR count). The fourth-order valence-electron chi connectivity index (χ4n) is 5.20. The second-order valence-electron chi connectivity index (χ2n) is 9.81. The van der Waals surface area contributed by atoms with Gasteiger partial charge in [-0.15, -0.1) is 6.42 Å². The Labute approximate surface area is 217 Å². The first-order valence-corrected chi connectivity index (χ1v) is 12.9. The van der Waals surface area contributed by atoms with E-state index in [0.717, 1.165) is 43.2 Å². The van der Waals surface area contributed by atoms with E-state index in [1.165, 1.54) is 31.4 Å². The molecule has 9 heteroatoms. The molecule has 0 atom stereocenters. The molecule has 1 saturated carbocycles. The van der Waals surface area contributed by atoms with E-state index >= 15 is 0 Å². The zero-order valence-corrected chi connectivity index (χ0v) is 21.1. The van der Waals surface area contributed by atoms with Crippen LogP contribution in [-0.2, 0) is 0 Å². The number of nitrogens with zero attached hydrogens (tertiary/aromatic N) is 7. The van der Waals surface area contributed by atoms with E-state index in [-0.39, 0.29) is 0 Å². The summed E-state index contributed by atoms with van der Waals surface area (Å²) < 4.78 is 2.20. The number of anilines is 5. The Morgan fingerprint density at radius 3 is 2.51 bits per heavy atom. The average molecular weight is 494 g/mol. The van der Waals surface area contributed by atoms with Gasteiger partial charge in [-0.3, -0.25) is 0 Å². The van der Waals surface area contributed by atoms with E-state index in [9.17, 15) is 0 Å². The van der Waals surface area contributed by atoms with Gasteiger partial charge in [0.25, 0.3) is 0 Å². The van der Waals surface area contributed by atoms with E-state index < -0.39 is 0 Å². The molecule has 1 aliphatic heterocycles. The van der Waals surface area contributed by atoms with Gasteiger partial charge in [0.1, 0.15) is 5.82 Å². The lowest BCUT2D eigenvalue weighted by atomic mass is 10.2. The number of piperazine rings is 1. The van der Waals surface area contributed by atoms with Crippen LogP contribution in [0.1, 0.15) is 37.3 Å². The lowest BCUT2D eigenvalue weighted by Crippen LogP contribution is -2.44. The third-order valence-electron chi connectivity index (χ3n) is 7.34. The number of imidazole rings is 1. The summed E-state index contributed by atoms with van der Waals surface area (Å²) in [6, 6.07) is 10.7. The molecular formula is C28H31N9. The molecule has 2 fully saturated rings. The van der Waals surface area contributed by atoms with Crippen molar-refractivity contribution in [2.45, 2.75) is 31.7 Å². The van der Waals surface area contributed by atoms with Crippen molar-refractivity contribution in [2.24, 2.45) is 0 Å². The number of fused-ring (bicyclic) bond motifs is 1. The molecule has 0 spiro atoms. The molecule has 4 aromatic rings. The van der Waals surface area contributed by atoms with Crippen molar-refractivity contribution in [1.29, 1.82) is 0 Å². The Hall–Kier alpha value is -4.16. The number of benzene rings is 1. The summed E-state index contributed by atoms with van der Waals surface area (Å²) in [6.45, 7) is 4.24. The number of hydrogen-bond acceptors (Lipinski definition) is 8. The number of aromatic nitrogens is 5. The van der Waals surface area contributed by atoms with Crippen LogP contribution in [0.4, 0.5) is 29.1 Å². The van der Waals surface area contributed by atoms with E-state index in [4.69, 9.17) is 11.4 Å². The number of rotatable bonds is 6. The van der Waals surface area contributed by atoms with Crippen LogP contribution in [0.2, 0.25) is 0 Å². The van der Waals surface area contributed by atoms with Gasteiger partial charge in [-0.1, -0.05) is 18.8 Å². The number of pyridine rings is 1. The quantitative estimate of drug-likeness (QED) is 0.378. The Balaban J connectivity index is 1.22. The summed E-state index contributed by atoms with van der Waals surface area (Å²) >= 11 is 0. The predicted octanol–water partition coefficient (Wildman–Crippen LogP) is 4.56. The molecule has 2 N–H and O–H groups in total. The van der Waals surface area contributed by atoms with Gasteiger partial charge in [0, 0.05) is 67.7 Å². The van der Waals surface area contributed by atoms with Crippen LogP contribution in [-0.4, -0.2) is 62.6 Å². The Morgan fingerprint density at radius 2 is 1.76 bits per heavy atom. The SMILES string of the molecule is C#Cc1cc(Nc2nccn2C2CCCC2)nc2nc(Nc3ccc(N4CCN(C)CC4)cc3)ncc12. The second-order valence-corrected chi connectivity index (χ2v) is 9.81. The van der Waals surface area contributed by atoms with Gasteiger partial charge < -0.3 is 25.0 Å². The van der Waals surface area contributed by atoms with Crippen molar-refractivity contribution in [2.75, 3.05) is 48.8 Å². The van der Waals surface area contributed by atoms with Crippen molar-refractivity contribution in [3.8, 4) is 12.3 Å². The zero-order valence-electron chi connectivity index (χ0n) is 21.1. The van der Waals surface area contributed by atoms with E-state index in [0.29, 0.717) is 29.0 Å². The summed E-state index contributed by atoms with van der Waals surface area (Å²) in [5.41, 5.74) is 3.37. The molecule has 9 nitrogen and oxygen atoms in total. The van der Waals surface area contributed by atoms with E-state index in [2.05, 4.69) is 77.2 Å². The van der Waals surface area contributed by atoms with Gasteiger partial charge in [0.05, 0.1) is 5.39 Å². The van der Waals surface area contributed by atoms with Crippen molar-refractivity contribution < 1.29 is 0 Å². The largest absolute Gasteiger partial charge is 0.369 e. The number of hydrogen-bond donors (Lipinski definition) is 2. The van der Waals surface area contributed by atoms with E-state index in [1.807, 2.05) is 18.5 Å². The van der Waals surface area contributed by atoms with Crippen LogP contribution in [0.3, 0.4) is 0 Å². The topological polar surface area (TPSA) is 87.0 Å². The first-order valence-electron chi connectivity index (χ1n) is 12.9. The van der Waals surface area contributed by atoms with Gasteiger partial charge in [-0.2, -0.15) is 4.98 Å². The molecule has 0 bridgehead atoms. The van der Waals surface area contributed by atoms with Crippen LogP contribution in [0, 0.1) is 12.3 Å². The van der Waals surface area contributed by atoms with Crippen molar-refractivity contribution in [1.82, 2.24) is 29.4 Å². The lowest BCUT2D eigenvalue weighted by molar-refractivity contribution is 0.313. The normalized spacial score (nSPS) is 16.7. The average Bonchev–Trinajstić information content (AvgIpc) is 3.61. The standard InChI is InChI=1S/C28H31N9/c1-3-20-18-25(33-28-29-12-13-37(28)23-6-4-5-7-23)32-26-24(20)19-30-27(34-26)31-21-8-10-22(11-9-21)36-16-14-35(2)15-17-36/h1,8-13,18-19,23H,4-7,14-17H2,2H3,(H2,29,30,31,32,33,34). The van der Waals surface area contributed by atoms with Crippen LogP contribution in [0.15, 0.2) is 48.9 Å². The Kier molecular flexibility index (Phi) is 6.33. The molecule has 1 saturated heterocycles. The van der Waals surface area contributed by atoms with Crippen LogP contribution in [0.5, 0.6) is 0 Å². The molecule has 1 aromatic carbocycles. The molecule has 0 radical (unpaired) electrons. The summed E-state index contributed by atoms with van der Waals surface area (Å²) in [6.07, 6.45) is 16.3. The van der Waals surface area contributed by atoms with Gasteiger partial charge in [-0.05, 0) is 50.2 Å². The minimum absolute atomic E-state index is 0.471. The smallest absolute Gasteiger partial charge is 0.229 e. The first-order chi connectivity index (χ1) is 18.2. The minimum Gasteiger partial charge on any atom is -0.369 e. The highest BCUT2D eigenvalue weighted by atomic mass is 15.3. The first kappa shape index (κ1) is 23.3. The van der Waals surface area contributed by atoms with Crippen molar-refractivity contribution in [3.63, 3.8) is 0 Å². The Bertz CT molecular complexity index is 1420. The van der Waals surface area contributed by atoms with Crippen LogP contribution >= 0.6 is 0 Å². The Morgan fingerprint density at radius 1 is 0.973 bits per heavy atom. The number of likely N-dealkylation sites (N-methyl/N-ethyl adjacent to an activating group) is 1. The number of terminal acetylenes is 1. The predicted molar refractivity (Wildman–Crippen MR) is 148 cm³/mol. The highest BCUT2D eigenvalue weighted by Gasteiger charge is 2.20. The van der Waals surface area contributed by atoms with Crippen molar-refractivity contribution in [3.05, 3.63) is 54.5 Å². The fourth-order valence-corrected chi connectivity index (χ4v) is 5.20. The summed E-state index contributed by atoms with van der Waals surface area (Å²) in [5.74, 6) is 4.62. The molecule has 37 heavy (non-hydrogen) atoms. The fraction of sp³-hybridized carbons (Fsp3) is 0.357. The van der Waals surface area contributed by atoms with Gasteiger partial charge in [0.2, 0.25) is 11.9 Å². The lowest BCUT2D eigenvalue weighted by Gasteiger charge is -2.34. The summed E-state index contributed by atoms with van der Waals surface area (Å²) in [5, 5.41) is 7.41. The summed E-state index contributed by atoms with van der Waals surface area (Å²) in [7, 11) is 2.17. The molecule has 1 aliphatic carbocycles. The maximum atomic E-state index is 5.83. The van der Waals surface area contributed by atoms with E-state index in [1.54, 1.807) is 6.20 Å². The zero-order chi connectivity index (χ0) is 25.2. The molecular weight excluding hydrogens is 462 g/mol. The van der Waals surface area contributed by atoms with Gasteiger partial charge in [-0.25, -0.2) is 15.0 Å².